The molecule has 1 amide bonds. The molecule has 0 radical (unpaired) electrons. The molecule has 0 saturated carbocycles. The number of carbonyl (C=O) groups excluding carboxylic acids is 2. The van der Waals surface area contributed by atoms with E-state index in [1.807, 2.05) is 34.7 Å². The first-order valence-corrected chi connectivity index (χ1v) is 14.2. The lowest BCUT2D eigenvalue weighted by atomic mass is 9.92. The molecule has 1 aliphatic carbocycles. The summed E-state index contributed by atoms with van der Waals surface area (Å²) in [6.07, 6.45) is -0.275. The number of hydrogen-bond acceptors (Lipinski definition) is 9. The van der Waals surface area contributed by atoms with Crippen LogP contribution in [0, 0.1) is 11.6 Å². The Bertz CT molecular complexity index is 1840. The third kappa shape index (κ3) is 4.18. The van der Waals surface area contributed by atoms with Crippen molar-refractivity contribution in [2.24, 2.45) is 0 Å². The minimum atomic E-state index is -1.03. The highest BCUT2D eigenvalue weighted by atomic mass is 32.1. The Balaban J connectivity index is 1.49. The third-order valence-corrected chi connectivity index (χ3v) is 8.77. The largest absolute Gasteiger partial charge is 0.510 e. The summed E-state index contributed by atoms with van der Waals surface area (Å²) in [7, 11) is 1.12. The Morgan fingerprint density at radius 3 is 2.74 bits per heavy atom. The van der Waals surface area contributed by atoms with Gasteiger partial charge in [-0.05, 0) is 34.2 Å². The maximum atomic E-state index is 15.8. The van der Waals surface area contributed by atoms with Gasteiger partial charge in [0.25, 0.3) is 5.91 Å². The lowest BCUT2D eigenvalue weighted by Gasteiger charge is -2.51. The van der Waals surface area contributed by atoms with Crippen molar-refractivity contribution in [2.75, 3.05) is 38.7 Å². The van der Waals surface area contributed by atoms with Gasteiger partial charge >= 0.3 is 6.16 Å². The van der Waals surface area contributed by atoms with Crippen LogP contribution in [0.5, 0.6) is 5.75 Å². The molecule has 0 spiro atoms. The number of carbonyl (C=O) groups is 2. The van der Waals surface area contributed by atoms with Gasteiger partial charge in [0.15, 0.2) is 17.3 Å². The number of rotatable bonds is 4. The summed E-state index contributed by atoms with van der Waals surface area (Å²) in [6, 6.07) is 12.4. The summed E-state index contributed by atoms with van der Waals surface area (Å²) in [5, 5.41) is 3.67. The second-order valence-electron chi connectivity index (χ2n) is 9.98. The summed E-state index contributed by atoms with van der Waals surface area (Å²) >= 11 is 1.42. The van der Waals surface area contributed by atoms with E-state index >= 15 is 4.39 Å². The van der Waals surface area contributed by atoms with Gasteiger partial charge in [-0.3, -0.25) is 19.3 Å². The van der Waals surface area contributed by atoms with Crippen molar-refractivity contribution >= 4 is 23.4 Å². The fourth-order valence-corrected chi connectivity index (χ4v) is 6.98. The van der Waals surface area contributed by atoms with Gasteiger partial charge in [-0.2, -0.15) is 0 Å². The smallest absolute Gasteiger partial charge is 0.451 e. The van der Waals surface area contributed by atoms with Gasteiger partial charge in [-0.15, -0.1) is 11.3 Å². The molecule has 2 aromatic carbocycles. The van der Waals surface area contributed by atoms with E-state index in [1.165, 1.54) is 28.3 Å². The van der Waals surface area contributed by atoms with Crippen LogP contribution >= 0.6 is 11.3 Å². The van der Waals surface area contributed by atoms with Gasteiger partial charge in [0, 0.05) is 34.8 Å². The number of fused-ring (bicyclic) bond motifs is 7. The summed E-state index contributed by atoms with van der Waals surface area (Å²) in [5.74, 6) is -2.80. The molecule has 3 aliphatic rings. The Hall–Kier alpha value is -4.75. The van der Waals surface area contributed by atoms with Gasteiger partial charge in [0.05, 0.1) is 26.4 Å². The fourth-order valence-electron chi connectivity index (χ4n) is 6.03. The standard InChI is InChI=1S/C30H23F2N3O7S/c1-39-30(38)42-15-41-27-21(36)8-10-34-26(27)29(37)33-11-12-40-14-22(33)35(34)25-16-4-2-3-5-17(16)28-19(9-13-43-28)23-18(25)6-7-20(31)24(23)32/h2-10,13,22,25H,11-12,14-15H2,1H3/t22-,25-/m1/s1. The number of halogens is 2. The van der Waals surface area contributed by atoms with Crippen LogP contribution in [-0.4, -0.2) is 61.5 Å². The van der Waals surface area contributed by atoms with Crippen LogP contribution in [0.15, 0.2) is 64.9 Å². The fraction of sp³-hybridized carbons (Fsp3) is 0.233. The van der Waals surface area contributed by atoms with Gasteiger partial charge in [-0.25, -0.2) is 13.6 Å². The molecule has 0 bridgehead atoms. The van der Waals surface area contributed by atoms with Crippen molar-refractivity contribution in [3.8, 4) is 27.3 Å². The molecule has 2 aromatic heterocycles. The first kappa shape index (κ1) is 27.1. The molecule has 2 atom stereocenters. The van der Waals surface area contributed by atoms with E-state index in [-0.39, 0.29) is 36.8 Å². The van der Waals surface area contributed by atoms with Crippen LogP contribution in [0.25, 0.3) is 21.6 Å². The number of aromatic nitrogens is 1. The van der Waals surface area contributed by atoms with E-state index in [0.717, 1.165) is 29.2 Å². The van der Waals surface area contributed by atoms with E-state index < -0.39 is 48.1 Å². The minimum Gasteiger partial charge on any atom is -0.451 e. The molecule has 7 rings (SSSR count). The highest BCUT2D eigenvalue weighted by Crippen LogP contribution is 2.51. The quantitative estimate of drug-likeness (QED) is 0.247. The maximum Gasteiger partial charge on any atom is 0.510 e. The van der Waals surface area contributed by atoms with E-state index in [9.17, 15) is 18.8 Å². The summed E-state index contributed by atoms with van der Waals surface area (Å²) in [6.45, 7) is -0.117. The Morgan fingerprint density at radius 2 is 1.91 bits per heavy atom. The first-order valence-electron chi connectivity index (χ1n) is 13.3. The van der Waals surface area contributed by atoms with Crippen LogP contribution in [0.2, 0.25) is 0 Å². The van der Waals surface area contributed by atoms with E-state index in [4.69, 9.17) is 14.2 Å². The second-order valence-corrected chi connectivity index (χ2v) is 10.9. The normalized spacial score (nSPS) is 18.4. The molecule has 13 heteroatoms. The number of thiophene rings is 1. The van der Waals surface area contributed by atoms with E-state index in [1.54, 1.807) is 17.0 Å². The average Bonchev–Trinajstić information content (AvgIpc) is 3.47. The van der Waals surface area contributed by atoms with Gasteiger partial charge < -0.3 is 23.8 Å². The SMILES string of the molecule is COC(=O)OCOc1c2n(ccc1=O)N([C@@H]1c3ccccc3-c3sccc3-c3c1ccc(F)c3F)[C@@H]1COCCN1C2=O. The minimum absolute atomic E-state index is 0.110. The number of pyridine rings is 1. The predicted molar refractivity (Wildman–Crippen MR) is 150 cm³/mol. The molecule has 0 N–H and O–H groups in total. The van der Waals surface area contributed by atoms with Gasteiger partial charge in [0.1, 0.15) is 6.17 Å². The number of amides is 1. The van der Waals surface area contributed by atoms with Crippen molar-refractivity contribution < 1.29 is 37.3 Å². The zero-order chi connectivity index (χ0) is 29.8. The number of hydrogen-bond donors (Lipinski definition) is 0. The molecule has 220 valence electrons. The molecule has 43 heavy (non-hydrogen) atoms. The highest BCUT2D eigenvalue weighted by Gasteiger charge is 2.47. The first-order chi connectivity index (χ1) is 20.9. The molecule has 10 nitrogen and oxygen atoms in total. The van der Waals surface area contributed by atoms with Crippen LogP contribution in [0.4, 0.5) is 13.6 Å². The van der Waals surface area contributed by atoms with Crippen LogP contribution in [0.1, 0.15) is 27.7 Å². The second kappa shape index (κ2) is 10.5. The van der Waals surface area contributed by atoms with Crippen LogP contribution in [-0.2, 0) is 14.2 Å². The summed E-state index contributed by atoms with van der Waals surface area (Å²) in [5.41, 5.74) is 2.00. The van der Waals surface area contributed by atoms with Crippen molar-refractivity contribution in [3.05, 3.63) is 98.8 Å². The summed E-state index contributed by atoms with van der Waals surface area (Å²) < 4.78 is 52.8. The third-order valence-electron chi connectivity index (χ3n) is 7.82. The lowest BCUT2D eigenvalue weighted by molar-refractivity contribution is -0.0208. The number of morpholine rings is 1. The van der Waals surface area contributed by atoms with Crippen molar-refractivity contribution in [3.63, 3.8) is 0 Å². The number of ether oxygens (including phenoxy) is 4. The zero-order valence-electron chi connectivity index (χ0n) is 22.6. The Labute approximate surface area is 247 Å². The molecule has 2 aliphatic heterocycles. The van der Waals surface area contributed by atoms with E-state index in [0.29, 0.717) is 11.1 Å². The topological polar surface area (TPSA) is 99.5 Å². The Morgan fingerprint density at radius 1 is 1.07 bits per heavy atom. The zero-order valence-corrected chi connectivity index (χ0v) is 23.4. The summed E-state index contributed by atoms with van der Waals surface area (Å²) in [4.78, 5) is 40.9. The molecule has 1 fully saturated rings. The Kier molecular flexibility index (Phi) is 6.62. The molecule has 4 heterocycles. The maximum absolute atomic E-state index is 15.8. The van der Waals surface area contributed by atoms with Crippen LogP contribution < -0.4 is 15.2 Å². The highest BCUT2D eigenvalue weighted by molar-refractivity contribution is 7.14. The average molecular weight is 608 g/mol. The molecule has 0 unspecified atom stereocenters. The number of methoxy groups -OCH3 is 1. The van der Waals surface area contributed by atoms with Crippen molar-refractivity contribution in [2.45, 2.75) is 12.2 Å². The van der Waals surface area contributed by atoms with Crippen LogP contribution in [0.3, 0.4) is 0 Å². The van der Waals surface area contributed by atoms with Crippen molar-refractivity contribution in [1.29, 1.82) is 0 Å². The van der Waals surface area contributed by atoms with E-state index in [2.05, 4.69) is 4.74 Å². The van der Waals surface area contributed by atoms with Gasteiger partial charge in [-0.1, -0.05) is 30.3 Å². The molecule has 4 aromatic rings. The predicted octanol–water partition coefficient (Wildman–Crippen LogP) is 4.49. The lowest BCUT2D eigenvalue weighted by Crippen LogP contribution is -2.66. The van der Waals surface area contributed by atoms with Crippen molar-refractivity contribution in [1.82, 2.24) is 9.58 Å². The molecule has 1 saturated heterocycles. The monoisotopic (exact) mass is 607 g/mol. The molecular weight excluding hydrogens is 584 g/mol. The number of nitrogens with zero attached hydrogens (tertiary/aromatic N) is 3. The molecular formula is C30H23F2N3O7S. The van der Waals surface area contributed by atoms with Gasteiger partial charge in [0.2, 0.25) is 18.0 Å². The number of benzene rings is 2.